The molecule has 0 N–H and O–H groups in total. The van der Waals surface area contributed by atoms with E-state index in [1.54, 1.807) is 0 Å². The van der Waals surface area contributed by atoms with Crippen molar-refractivity contribution in [2.75, 3.05) is 0 Å². The number of fused-ring (bicyclic) bond motifs is 4. The van der Waals surface area contributed by atoms with Gasteiger partial charge in [0.05, 0.1) is 8.07 Å². The monoisotopic (exact) mass is 458 g/mol. The van der Waals surface area contributed by atoms with Gasteiger partial charge in [0.2, 0.25) is 0 Å². The van der Waals surface area contributed by atoms with Crippen LogP contribution in [0.2, 0.25) is 16.6 Å². The molecule has 0 aliphatic rings. The molecule has 0 bridgehead atoms. The predicted octanol–water partition coefficient (Wildman–Crippen LogP) is 9.17. The Hall–Kier alpha value is -3.08. The Kier molecular flexibility index (Phi) is 5.54. The second kappa shape index (κ2) is 8.29. The van der Waals surface area contributed by atoms with Gasteiger partial charge in [0.15, 0.2) is 0 Å². The molecule has 0 heterocycles. The maximum Gasteiger partial charge on any atom is 0.0959 e. The van der Waals surface area contributed by atoms with Crippen LogP contribution in [0.1, 0.15) is 47.1 Å². The molecule has 0 aromatic heterocycles. The molecular formula is C33H34Si. The number of rotatable bonds is 4. The molecule has 5 aromatic rings. The third-order valence-corrected chi connectivity index (χ3v) is 15.4. The summed E-state index contributed by atoms with van der Waals surface area (Å²) in [6.45, 7) is 14.5. The predicted molar refractivity (Wildman–Crippen MR) is 155 cm³/mol. The van der Waals surface area contributed by atoms with E-state index in [1.807, 2.05) is 0 Å². The van der Waals surface area contributed by atoms with E-state index in [0.29, 0.717) is 16.6 Å². The molecule has 0 nitrogen and oxygen atoms in total. The SMILES string of the molecule is C#Cc1c([Si](C(C)C)(C(C)C)C(C)C)ccc2cc3cc4cc5ccccc5cc4cc3cc12. The van der Waals surface area contributed by atoms with E-state index in [9.17, 15) is 0 Å². The minimum absolute atomic E-state index is 0.620. The number of benzene rings is 5. The molecular weight excluding hydrogens is 424 g/mol. The van der Waals surface area contributed by atoms with Crippen LogP contribution in [0.4, 0.5) is 0 Å². The number of hydrogen-bond donors (Lipinski definition) is 0. The van der Waals surface area contributed by atoms with E-state index in [4.69, 9.17) is 6.42 Å². The Morgan fingerprint density at radius 1 is 0.559 bits per heavy atom. The van der Waals surface area contributed by atoms with E-state index >= 15 is 0 Å². The molecule has 34 heavy (non-hydrogen) atoms. The van der Waals surface area contributed by atoms with Gasteiger partial charge < -0.3 is 0 Å². The van der Waals surface area contributed by atoms with Crippen LogP contribution in [0.3, 0.4) is 0 Å². The largest absolute Gasteiger partial charge is 0.115 e. The minimum Gasteiger partial charge on any atom is -0.115 e. The zero-order valence-electron chi connectivity index (χ0n) is 21.2. The molecule has 170 valence electrons. The van der Waals surface area contributed by atoms with Crippen molar-refractivity contribution in [3.05, 3.63) is 78.4 Å². The lowest BCUT2D eigenvalue weighted by Gasteiger charge is -2.44. The van der Waals surface area contributed by atoms with Crippen LogP contribution >= 0.6 is 0 Å². The average Bonchev–Trinajstić information content (AvgIpc) is 2.79. The van der Waals surface area contributed by atoms with Crippen LogP contribution in [0, 0.1) is 12.3 Å². The third-order valence-electron chi connectivity index (χ3n) is 8.27. The summed E-state index contributed by atoms with van der Waals surface area (Å²) in [7, 11) is -1.87. The van der Waals surface area contributed by atoms with Crippen LogP contribution in [0.5, 0.6) is 0 Å². The highest BCUT2D eigenvalue weighted by atomic mass is 28.3. The lowest BCUT2D eigenvalue weighted by atomic mass is 9.96. The maximum absolute atomic E-state index is 6.28. The highest BCUT2D eigenvalue weighted by Crippen LogP contribution is 2.42. The van der Waals surface area contributed by atoms with Crippen LogP contribution in [-0.2, 0) is 0 Å². The Morgan fingerprint density at radius 3 is 1.47 bits per heavy atom. The number of hydrogen-bond acceptors (Lipinski definition) is 0. The molecule has 0 atom stereocenters. The van der Waals surface area contributed by atoms with Crippen molar-refractivity contribution in [1.29, 1.82) is 0 Å². The molecule has 0 unspecified atom stereocenters. The van der Waals surface area contributed by atoms with Crippen molar-refractivity contribution in [2.45, 2.75) is 58.2 Å². The Labute approximate surface area is 205 Å². The topological polar surface area (TPSA) is 0 Å². The first-order chi connectivity index (χ1) is 16.3. The van der Waals surface area contributed by atoms with E-state index in [1.165, 1.54) is 48.3 Å². The van der Waals surface area contributed by atoms with E-state index in [2.05, 4.69) is 120 Å². The first kappa shape index (κ1) is 22.7. The molecule has 0 aliphatic heterocycles. The van der Waals surface area contributed by atoms with Gasteiger partial charge in [-0.15, -0.1) is 6.42 Å². The summed E-state index contributed by atoms with van der Waals surface area (Å²) < 4.78 is 0. The van der Waals surface area contributed by atoms with Crippen molar-refractivity contribution in [3.8, 4) is 12.3 Å². The maximum atomic E-state index is 6.28. The molecule has 0 amide bonds. The molecule has 0 spiro atoms. The van der Waals surface area contributed by atoms with E-state index in [0.717, 1.165) is 5.56 Å². The quantitative estimate of drug-likeness (QED) is 0.143. The summed E-state index contributed by atoms with van der Waals surface area (Å²) in [5.41, 5.74) is 2.99. The van der Waals surface area contributed by atoms with Gasteiger partial charge in [0.1, 0.15) is 0 Å². The fraction of sp³-hybridized carbons (Fsp3) is 0.273. The molecule has 0 saturated carbocycles. The van der Waals surface area contributed by atoms with Crippen molar-refractivity contribution >= 4 is 56.4 Å². The Bertz CT molecular complexity index is 1570. The average molecular weight is 459 g/mol. The van der Waals surface area contributed by atoms with Gasteiger partial charge in [-0.05, 0) is 101 Å². The molecule has 0 saturated heterocycles. The van der Waals surface area contributed by atoms with Gasteiger partial charge in [-0.1, -0.05) is 83.9 Å². The van der Waals surface area contributed by atoms with Crippen molar-refractivity contribution < 1.29 is 0 Å². The lowest BCUT2D eigenvalue weighted by molar-refractivity contribution is 0.835. The minimum atomic E-state index is -1.87. The molecule has 1 heteroatoms. The molecule has 0 radical (unpaired) electrons. The lowest BCUT2D eigenvalue weighted by Crippen LogP contribution is -2.56. The van der Waals surface area contributed by atoms with Gasteiger partial charge in [0.25, 0.3) is 0 Å². The van der Waals surface area contributed by atoms with Crippen LogP contribution in [-0.4, -0.2) is 8.07 Å². The fourth-order valence-corrected chi connectivity index (χ4v) is 13.8. The van der Waals surface area contributed by atoms with E-state index < -0.39 is 8.07 Å². The van der Waals surface area contributed by atoms with Crippen LogP contribution < -0.4 is 5.19 Å². The summed E-state index contributed by atoms with van der Waals surface area (Å²) in [5, 5.41) is 11.6. The summed E-state index contributed by atoms with van der Waals surface area (Å²) in [6.07, 6.45) is 6.28. The summed E-state index contributed by atoms with van der Waals surface area (Å²) in [5.74, 6) is 3.17. The first-order valence-corrected chi connectivity index (χ1v) is 14.8. The van der Waals surface area contributed by atoms with Gasteiger partial charge in [-0.3, -0.25) is 0 Å². The Balaban J connectivity index is 1.83. The fourth-order valence-electron chi connectivity index (χ4n) is 6.97. The van der Waals surface area contributed by atoms with Crippen LogP contribution in [0.15, 0.2) is 72.8 Å². The second-order valence-electron chi connectivity index (χ2n) is 10.8. The van der Waals surface area contributed by atoms with Crippen molar-refractivity contribution in [1.82, 2.24) is 0 Å². The highest BCUT2D eigenvalue weighted by Gasteiger charge is 2.45. The van der Waals surface area contributed by atoms with Gasteiger partial charge in [-0.25, -0.2) is 0 Å². The standard InChI is InChI=1S/C33H34Si/c1-8-31-32-20-30-19-28-16-25-12-10-9-11-24(25)15-27(28)18-29(30)17-26(32)13-14-33(31)34(21(2)3,22(4)5)23(6)7/h1,9-23H,2-7H3. The summed E-state index contributed by atoms with van der Waals surface area (Å²) >= 11 is 0. The van der Waals surface area contributed by atoms with Gasteiger partial charge in [-0.2, -0.15) is 0 Å². The second-order valence-corrected chi connectivity index (χ2v) is 16.7. The zero-order chi connectivity index (χ0) is 24.2. The van der Waals surface area contributed by atoms with Gasteiger partial charge >= 0.3 is 0 Å². The first-order valence-electron chi connectivity index (χ1n) is 12.6. The molecule has 5 rings (SSSR count). The summed E-state index contributed by atoms with van der Waals surface area (Å²) in [4.78, 5) is 0. The number of terminal acetylenes is 1. The van der Waals surface area contributed by atoms with Gasteiger partial charge in [0, 0.05) is 5.56 Å². The zero-order valence-corrected chi connectivity index (χ0v) is 22.2. The van der Waals surface area contributed by atoms with Crippen molar-refractivity contribution in [3.63, 3.8) is 0 Å². The van der Waals surface area contributed by atoms with Crippen molar-refractivity contribution in [2.24, 2.45) is 0 Å². The van der Waals surface area contributed by atoms with Crippen LogP contribution in [0.25, 0.3) is 43.1 Å². The third kappa shape index (κ3) is 3.28. The van der Waals surface area contributed by atoms with E-state index in [-0.39, 0.29) is 0 Å². The highest BCUT2D eigenvalue weighted by molar-refractivity contribution is 6.95. The smallest absolute Gasteiger partial charge is 0.0959 e. The summed E-state index contributed by atoms with van der Waals surface area (Å²) in [6, 6.07) is 27.2. The molecule has 0 aliphatic carbocycles. The molecule has 5 aromatic carbocycles. The Morgan fingerprint density at radius 2 is 1.00 bits per heavy atom. The molecule has 0 fully saturated rings. The normalized spacial score (nSPS) is 12.6.